The van der Waals surface area contributed by atoms with Gasteiger partial charge in [0.1, 0.15) is 5.01 Å². The van der Waals surface area contributed by atoms with E-state index in [-0.39, 0.29) is 11.0 Å². The molecule has 0 saturated carbocycles. The third-order valence-corrected chi connectivity index (χ3v) is 5.27. The van der Waals surface area contributed by atoms with Crippen molar-refractivity contribution in [3.05, 3.63) is 16.1 Å². The summed E-state index contributed by atoms with van der Waals surface area (Å²) in [5.41, 5.74) is 7.80. The van der Waals surface area contributed by atoms with Gasteiger partial charge in [-0.05, 0) is 38.8 Å². The molecule has 3 nitrogen and oxygen atoms in total. The van der Waals surface area contributed by atoms with Crippen molar-refractivity contribution in [2.24, 2.45) is 5.73 Å². The summed E-state index contributed by atoms with van der Waals surface area (Å²) < 4.78 is 0. The number of hydrogen-bond donors (Lipinski definition) is 1. The van der Waals surface area contributed by atoms with Gasteiger partial charge in [-0.3, -0.25) is 0 Å². The predicted octanol–water partition coefficient (Wildman–Crippen LogP) is 3.49. The standard InChI is InChI=1S/C16H29N3S/c1-5-9-19-10-6-7-16(17,8-11-19)14-18-13(12-20-14)15(2,3)4/h12H,5-11,17H2,1-4H3. The van der Waals surface area contributed by atoms with E-state index < -0.39 is 0 Å². The number of nitrogens with two attached hydrogens (primary N) is 1. The molecule has 1 atom stereocenters. The summed E-state index contributed by atoms with van der Waals surface area (Å²) in [4.78, 5) is 7.41. The minimum Gasteiger partial charge on any atom is -0.319 e. The van der Waals surface area contributed by atoms with Crippen LogP contribution in [0.3, 0.4) is 0 Å². The van der Waals surface area contributed by atoms with E-state index in [1.54, 1.807) is 11.3 Å². The molecule has 0 bridgehead atoms. The zero-order valence-corrected chi connectivity index (χ0v) is 14.2. The first-order valence-corrected chi connectivity index (χ1v) is 8.71. The van der Waals surface area contributed by atoms with Gasteiger partial charge < -0.3 is 10.6 Å². The molecule has 4 heteroatoms. The molecule has 1 fully saturated rings. The van der Waals surface area contributed by atoms with E-state index in [1.807, 2.05) is 0 Å². The summed E-state index contributed by atoms with van der Waals surface area (Å²) in [6, 6.07) is 0. The molecule has 2 N–H and O–H groups in total. The number of nitrogens with zero attached hydrogens (tertiary/aromatic N) is 2. The largest absolute Gasteiger partial charge is 0.319 e. The van der Waals surface area contributed by atoms with E-state index in [1.165, 1.54) is 31.6 Å². The van der Waals surface area contributed by atoms with Crippen molar-refractivity contribution >= 4 is 11.3 Å². The number of aromatic nitrogens is 1. The van der Waals surface area contributed by atoms with Gasteiger partial charge in [0.2, 0.25) is 0 Å². The lowest BCUT2D eigenvalue weighted by molar-refractivity contribution is 0.276. The van der Waals surface area contributed by atoms with Crippen molar-refractivity contribution < 1.29 is 0 Å². The van der Waals surface area contributed by atoms with Crippen molar-refractivity contribution in [3.8, 4) is 0 Å². The molecule has 2 rings (SSSR count). The normalized spacial score (nSPS) is 25.6. The Morgan fingerprint density at radius 3 is 2.70 bits per heavy atom. The molecule has 0 aromatic carbocycles. The monoisotopic (exact) mass is 295 g/mol. The van der Waals surface area contributed by atoms with Crippen molar-refractivity contribution in [1.82, 2.24) is 9.88 Å². The molecule has 0 aliphatic carbocycles. The van der Waals surface area contributed by atoms with Crippen molar-refractivity contribution in [2.45, 2.75) is 64.3 Å². The van der Waals surface area contributed by atoms with Gasteiger partial charge in [0.15, 0.2) is 0 Å². The highest BCUT2D eigenvalue weighted by Gasteiger charge is 2.33. The summed E-state index contributed by atoms with van der Waals surface area (Å²) >= 11 is 1.75. The Hall–Kier alpha value is -0.450. The summed E-state index contributed by atoms with van der Waals surface area (Å²) in [7, 11) is 0. The van der Waals surface area contributed by atoms with Crippen LogP contribution in [0.2, 0.25) is 0 Å². The molecular formula is C16H29N3S. The van der Waals surface area contributed by atoms with Gasteiger partial charge in [0.05, 0.1) is 11.2 Å². The van der Waals surface area contributed by atoms with Crippen molar-refractivity contribution in [1.29, 1.82) is 0 Å². The second-order valence-corrected chi connectivity index (χ2v) is 8.00. The Kier molecular flexibility index (Phi) is 4.88. The SMILES string of the molecule is CCCN1CCCC(N)(c2nc(C(C)(C)C)cs2)CC1. The van der Waals surface area contributed by atoms with Gasteiger partial charge >= 0.3 is 0 Å². The average molecular weight is 295 g/mol. The highest BCUT2D eigenvalue weighted by molar-refractivity contribution is 7.09. The molecular weight excluding hydrogens is 266 g/mol. The van der Waals surface area contributed by atoms with Crippen LogP contribution >= 0.6 is 11.3 Å². The van der Waals surface area contributed by atoms with Gasteiger partial charge in [-0.1, -0.05) is 27.7 Å². The fourth-order valence-electron chi connectivity index (χ4n) is 2.81. The Bertz CT molecular complexity index is 435. The fourth-order valence-corrected chi connectivity index (χ4v) is 4.03. The maximum Gasteiger partial charge on any atom is 0.113 e. The second kappa shape index (κ2) is 6.12. The molecule has 114 valence electrons. The van der Waals surface area contributed by atoms with E-state index >= 15 is 0 Å². The summed E-state index contributed by atoms with van der Waals surface area (Å²) in [5, 5.41) is 3.33. The van der Waals surface area contributed by atoms with Crippen molar-refractivity contribution in [3.63, 3.8) is 0 Å². The first-order chi connectivity index (χ1) is 9.35. The van der Waals surface area contributed by atoms with E-state index in [0.29, 0.717) is 0 Å². The van der Waals surface area contributed by atoms with E-state index in [2.05, 4.69) is 38.0 Å². The van der Waals surface area contributed by atoms with Crippen LogP contribution in [0.25, 0.3) is 0 Å². The van der Waals surface area contributed by atoms with Crippen LogP contribution in [0.4, 0.5) is 0 Å². The molecule has 1 unspecified atom stereocenters. The average Bonchev–Trinajstić information content (AvgIpc) is 2.79. The predicted molar refractivity (Wildman–Crippen MR) is 87.3 cm³/mol. The molecule has 2 heterocycles. The van der Waals surface area contributed by atoms with Gasteiger partial charge in [-0.15, -0.1) is 11.3 Å². The summed E-state index contributed by atoms with van der Waals surface area (Å²) in [5.74, 6) is 0. The lowest BCUT2D eigenvalue weighted by Crippen LogP contribution is -2.38. The Morgan fingerprint density at radius 1 is 1.35 bits per heavy atom. The summed E-state index contributed by atoms with van der Waals surface area (Å²) in [6.45, 7) is 12.4. The van der Waals surface area contributed by atoms with Gasteiger partial charge in [-0.25, -0.2) is 4.98 Å². The minimum atomic E-state index is -0.212. The molecule has 1 aliphatic heterocycles. The third-order valence-electron chi connectivity index (χ3n) is 4.21. The van der Waals surface area contributed by atoms with Crippen LogP contribution in [0, 0.1) is 0 Å². The smallest absolute Gasteiger partial charge is 0.113 e. The minimum absolute atomic E-state index is 0.115. The molecule has 1 aromatic heterocycles. The molecule has 1 aromatic rings. The topological polar surface area (TPSA) is 42.1 Å². The lowest BCUT2D eigenvalue weighted by atomic mass is 9.91. The van der Waals surface area contributed by atoms with Crippen molar-refractivity contribution in [2.75, 3.05) is 19.6 Å². The Morgan fingerprint density at radius 2 is 2.10 bits per heavy atom. The lowest BCUT2D eigenvalue weighted by Gasteiger charge is -2.26. The maximum absolute atomic E-state index is 6.72. The molecule has 0 amide bonds. The van der Waals surface area contributed by atoms with Gasteiger partial charge in [0.25, 0.3) is 0 Å². The molecule has 1 saturated heterocycles. The van der Waals surface area contributed by atoms with Gasteiger partial charge in [0, 0.05) is 17.3 Å². The van der Waals surface area contributed by atoms with Gasteiger partial charge in [-0.2, -0.15) is 0 Å². The Labute approximate surface area is 127 Å². The number of rotatable bonds is 3. The zero-order valence-electron chi connectivity index (χ0n) is 13.4. The highest BCUT2D eigenvalue weighted by atomic mass is 32.1. The first-order valence-electron chi connectivity index (χ1n) is 7.83. The maximum atomic E-state index is 6.72. The van der Waals surface area contributed by atoms with E-state index in [0.717, 1.165) is 24.4 Å². The number of hydrogen-bond acceptors (Lipinski definition) is 4. The van der Waals surface area contributed by atoms with Crippen LogP contribution in [0.5, 0.6) is 0 Å². The quantitative estimate of drug-likeness (QED) is 0.928. The molecule has 1 aliphatic rings. The van der Waals surface area contributed by atoms with Crippen LogP contribution in [-0.4, -0.2) is 29.5 Å². The first kappa shape index (κ1) is 15.9. The number of thiazole rings is 1. The fraction of sp³-hybridized carbons (Fsp3) is 0.812. The third kappa shape index (κ3) is 3.60. The number of likely N-dealkylation sites (tertiary alicyclic amines) is 1. The molecule has 0 radical (unpaired) electrons. The van der Waals surface area contributed by atoms with Crippen LogP contribution in [-0.2, 0) is 11.0 Å². The van der Waals surface area contributed by atoms with Crippen LogP contribution in [0.1, 0.15) is 64.1 Å². The van der Waals surface area contributed by atoms with E-state index in [4.69, 9.17) is 10.7 Å². The van der Waals surface area contributed by atoms with E-state index in [9.17, 15) is 0 Å². The summed E-state index contributed by atoms with van der Waals surface area (Å²) in [6.07, 6.45) is 4.50. The second-order valence-electron chi connectivity index (χ2n) is 7.14. The zero-order chi connectivity index (χ0) is 14.8. The molecule has 0 spiro atoms. The van der Waals surface area contributed by atoms with Crippen LogP contribution < -0.4 is 5.73 Å². The highest BCUT2D eigenvalue weighted by Crippen LogP contribution is 2.34. The van der Waals surface area contributed by atoms with Crippen LogP contribution in [0.15, 0.2) is 5.38 Å². The Balaban J connectivity index is 2.12. The molecule has 20 heavy (non-hydrogen) atoms.